The molecule has 0 bridgehead atoms. The zero-order valence-electron chi connectivity index (χ0n) is 15.8. The Kier molecular flexibility index (Phi) is 6.12. The number of benzene rings is 2. The third-order valence-electron chi connectivity index (χ3n) is 4.86. The van der Waals surface area contributed by atoms with Crippen LogP contribution in [0.15, 0.2) is 54.6 Å². The van der Waals surface area contributed by atoms with Crippen LogP contribution in [0.25, 0.3) is 0 Å². The van der Waals surface area contributed by atoms with E-state index in [-0.39, 0.29) is 24.6 Å². The summed E-state index contributed by atoms with van der Waals surface area (Å²) in [4.78, 5) is 26.7. The monoisotopic (exact) mass is 367 g/mol. The molecule has 1 saturated heterocycles. The Morgan fingerprint density at radius 2 is 1.63 bits per heavy atom. The van der Waals surface area contributed by atoms with Gasteiger partial charge in [0.1, 0.15) is 11.5 Å². The fraction of sp³-hybridized carbons (Fsp3) is 0.364. The Morgan fingerprint density at radius 3 is 2.33 bits per heavy atom. The highest BCUT2D eigenvalue weighted by Gasteiger charge is 2.29. The van der Waals surface area contributed by atoms with Crippen LogP contribution in [0.5, 0.6) is 11.5 Å². The van der Waals surface area contributed by atoms with Gasteiger partial charge in [0.15, 0.2) is 6.61 Å². The third kappa shape index (κ3) is 4.88. The molecule has 2 aromatic rings. The number of amides is 1. The molecule has 5 nitrogen and oxygen atoms in total. The number of carbonyl (C=O) groups excluding carboxylic acids is 2. The molecular weight excluding hydrogens is 342 g/mol. The second-order valence-electron chi connectivity index (χ2n) is 6.95. The summed E-state index contributed by atoms with van der Waals surface area (Å²) in [6.07, 6.45) is 3.10. The van der Waals surface area contributed by atoms with E-state index in [0.29, 0.717) is 17.1 Å². The van der Waals surface area contributed by atoms with Gasteiger partial charge in [-0.05, 0) is 63.4 Å². The number of para-hydroxylation sites is 1. The number of hydrogen-bond acceptors (Lipinski definition) is 4. The van der Waals surface area contributed by atoms with Crippen LogP contribution in [-0.4, -0.2) is 35.5 Å². The lowest BCUT2D eigenvalue weighted by Gasteiger charge is -2.38. The van der Waals surface area contributed by atoms with E-state index in [2.05, 4.69) is 0 Å². The minimum atomic E-state index is -0.529. The zero-order chi connectivity index (χ0) is 19.2. The number of rotatable bonds is 5. The normalized spacial score (nSPS) is 19.4. The molecule has 0 aromatic heterocycles. The van der Waals surface area contributed by atoms with Crippen molar-refractivity contribution in [2.75, 3.05) is 6.61 Å². The molecule has 27 heavy (non-hydrogen) atoms. The molecule has 5 heteroatoms. The largest absolute Gasteiger partial charge is 0.457 e. The van der Waals surface area contributed by atoms with Crippen molar-refractivity contribution in [2.45, 2.75) is 45.2 Å². The number of likely N-dealkylation sites (tertiary alicyclic amines) is 1. The maximum atomic E-state index is 12.5. The summed E-state index contributed by atoms with van der Waals surface area (Å²) >= 11 is 0. The summed E-state index contributed by atoms with van der Waals surface area (Å²) in [6, 6.07) is 16.5. The highest BCUT2D eigenvalue weighted by molar-refractivity contribution is 5.91. The lowest BCUT2D eigenvalue weighted by molar-refractivity contribution is -0.140. The van der Waals surface area contributed by atoms with Gasteiger partial charge in [0.05, 0.1) is 5.56 Å². The van der Waals surface area contributed by atoms with E-state index in [4.69, 9.17) is 9.47 Å². The average molecular weight is 367 g/mol. The van der Waals surface area contributed by atoms with Crippen molar-refractivity contribution in [3.8, 4) is 11.5 Å². The van der Waals surface area contributed by atoms with Crippen molar-refractivity contribution < 1.29 is 19.1 Å². The Labute approximate surface area is 159 Å². The number of carbonyl (C=O) groups is 2. The van der Waals surface area contributed by atoms with Gasteiger partial charge in [-0.2, -0.15) is 0 Å². The van der Waals surface area contributed by atoms with Gasteiger partial charge in [0.2, 0.25) is 0 Å². The molecule has 1 amide bonds. The standard InChI is InChI=1S/C22H25NO4/c1-16-8-6-9-17(2)23(16)21(24)15-26-22(25)18-10-7-13-20(14-18)27-19-11-4-3-5-12-19/h3-5,7,10-14,16-17H,6,8-9,15H2,1-2H3. The van der Waals surface area contributed by atoms with E-state index in [1.807, 2.05) is 49.1 Å². The number of hydrogen-bond donors (Lipinski definition) is 0. The van der Waals surface area contributed by atoms with Crippen molar-refractivity contribution in [3.63, 3.8) is 0 Å². The molecular formula is C22H25NO4. The Balaban J connectivity index is 1.59. The molecule has 2 aromatic carbocycles. The topological polar surface area (TPSA) is 55.8 Å². The highest BCUT2D eigenvalue weighted by atomic mass is 16.5. The van der Waals surface area contributed by atoms with Crippen LogP contribution in [0.2, 0.25) is 0 Å². The molecule has 2 unspecified atom stereocenters. The van der Waals surface area contributed by atoms with Gasteiger partial charge in [-0.3, -0.25) is 4.79 Å². The van der Waals surface area contributed by atoms with Gasteiger partial charge in [-0.1, -0.05) is 24.3 Å². The SMILES string of the molecule is CC1CCCC(C)N1C(=O)COC(=O)c1cccc(Oc2ccccc2)c1. The quantitative estimate of drug-likeness (QED) is 0.734. The molecule has 1 aliphatic heterocycles. The van der Waals surface area contributed by atoms with E-state index in [1.54, 1.807) is 24.3 Å². The summed E-state index contributed by atoms with van der Waals surface area (Å²) in [6.45, 7) is 3.84. The van der Waals surface area contributed by atoms with Crippen LogP contribution in [-0.2, 0) is 9.53 Å². The van der Waals surface area contributed by atoms with E-state index >= 15 is 0 Å². The van der Waals surface area contributed by atoms with Crippen LogP contribution in [0, 0.1) is 0 Å². The fourth-order valence-corrected chi connectivity index (χ4v) is 3.51. The van der Waals surface area contributed by atoms with E-state index < -0.39 is 5.97 Å². The van der Waals surface area contributed by atoms with Gasteiger partial charge in [0.25, 0.3) is 5.91 Å². The number of esters is 1. The minimum Gasteiger partial charge on any atom is -0.457 e. The first-order valence-electron chi connectivity index (χ1n) is 9.36. The molecule has 0 saturated carbocycles. The lowest BCUT2D eigenvalue weighted by Crippen LogP contribution is -2.49. The van der Waals surface area contributed by atoms with Crippen molar-refractivity contribution >= 4 is 11.9 Å². The van der Waals surface area contributed by atoms with Gasteiger partial charge in [0, 0.05) is 12.1 Å². The molecule has 0 aliphatic carbocycles. The molecule has 0 radical (unpaired) electrons. The van der Waals surface area contributed by atoms with E-state index in [9.17, 15) is 9.59 Å². The summed E-state index contributed by atoms with van der Waals surface area (Å²) in [5.41, 5.74) is 0.357. The Morgan fingerprint density at radius 1 is 0.963 bits per heavy atom. The second-order valence-corrected chi connectivity index (χ2v) is 6.95. The Bertz CT molecular complexity index is 780. The van der Waals surface area contributed by atoms with Crippen LogP contribution in [0.3, 0.4) is 0 Å². The molecule has 1 aliphatic rings. The molecule has 3 rings (SSSR count). The second kappa shape index (κ2) is 8.71. The first-order chi connectivity index (χ1) is 13.0. The van der Waals surface area contributed by atoms with Gasteiger partial charge in [-0.15, -0.1) is 0 Å². The van der Waals surface area contributed by atoms with E-state index in [0.717, 1.165) is 19.3 Å². The fourth-order valence-electron chi connectivity index (χ4n) is 3.51. The summed E-state index contributed by atoms with van der Waals surface area (Å²) < 4.78 is 11.0. The predicted octanol–water partition coefficient (Wildman–Crippen LogP) is 4.43. The van der Waals surface area contributed by atoms with Crippen molar-refractivity contribution in [1.29, 1.82) is 0 Å². The highest BCUT2D eigenvalue weighted by Crippen LogP contribution is 2.24. The molecule has 1 heterocycles. The van der Waals surface area contributed by atoms with Crippen LogP contribution in [0.4, 0.5) is 0 Å². The third-order valence-corrected chi connectivity index (χ3v) is 4.86. The average Bonchev–Trinajstić information content (AvgIpc) is 2.67. The molecule has 2 atom stereocenters. The van der Waals surface area contributed by atoms with Crippen molar-refractivity contribution in [1.82, 2.24) is 4.90 Å². The first kappa shape index (κ1) is 19.0. The summed E-state index contributed by atoms with van der Waals surface area (Å²) in [5, 5.41) is 0. The maximum absolute atomic E-state index is 12.5. The van der Waals surface area contributed by atoms with Crippen LogP contribution < -0.4 is 4.74 Å². The van der Waals surface area contributed by atoms with Gasteiger partial charge < -0.3 is 14.4 Å². The van der Waals surface area contributed by atoms with Crippen molar-refractivity contribution in [2.24, 2.45) is 0 Å². The maximum Gasteiger partial charge on any atom is 0.338 e. The number of piperidine rings is 1. The van der Waals surface area contributed by atoms with Gasteiger partial charge >= 0.3 is 5.97 Å². The molecule has 0 N–H and O–H groups in total. The zero-order valence-corrected chi connectivity index (χ0v) is 15.8. The minimum absolute atomic E-state index is 0.139. The smallest absolute Gasteiger partial charge is 0.338 e. The molecule has 1 fully saturated rings. The van der Waals surface area contributed by atoms with Gasteiger partial charge in [-0.25, -0.2) is 4.79 Å². The summed E-state index contributed by atoms with van der Waals surface area (Å²) in [5.74, 6) is 0.561. The van der Waals surface area contributed by atoms with Crippen LogP contribution in [0.1, 0.15) is 43.5 Å². The predicted molar refractivity (Wildman–Crippen MR) is 103 cm³/mol. The molecule has 0 spiro atoms. The summed E-state index contributed by atoms with van der Waals surface area (Å²) in [7, 11) is 0. The first-order valence-corrected chi connectivity index (χ1v) is 9.36. The Hall–Kier alpha value is -2.82. The number of ether oxygens (including phenoxy) is 2. The molecule has 142 valence electrons. The lowest BCUT2D eigenvalue weighted by atomic mass is 9.97. The number of nitrogens with zero attached hydrogens (tertiary/aromatic N) is 1. The van der Waals surface area contributed by atoms with Crippen molar-refractivity contribution in [3.05, 3.63) is 60.2 Å². The van der Waals surface area contributed by atoms with Crippen LogP contribution >= 0.6 is 0 Å². The van der Waals surface area contributed by atoms with E-state index in [1.165, 1.54) is 0 Å².